The number of thiophene rings is 1. The summed E-state index contributed by atoms with van der Waals surface area (Å²) < 4.78 is 26.9. The van der Waals surface area contributed by atoms with Crippen LogP contribution in [0.2, 0.25) is 0 Å². The molecular weight excluding hydrogens is 258 g/mol. The summed E-state index contributed by atoms with van der Waals surface area (Å²) in [5, 5.41) is 10.5. The van der Waals surface area contributed by atoms with Crippen molar-refractivity contribution >= 4 is 21.4 Å². The zero-order valence-electron chi connectivity index (χ0n) is 10.4. The van der Waals surface area contributed by atoms with Crippen LogP contribution in [0.25, 0.3) is 0 Å². The molecule has 4 nitrogen and oxygen atoms in total. The lowest BCUT2D eigenvalue weighted by Crippen LogP contribution is -2.44. The van der Waals surface area contributed by atoms with Crippen LogP contribution in [0.4, 0.5) is 0 Å². The van der Waals surface area contributed by atoms with E-state index in [9.17, 15) is 8.42 Å². The summed E-state index contributed by atoms with van der Waals surface area (Å²) in [4.78, 5) is 0.889. The first-order valence-corrected chi connectivity index (χ1v) is 7.95. The van der Waals surface area contributed by atoms with E-state index in [4.69, 9.17) is 5.11 Å². The molecule has 0 atom stereocenters. The van der Waals surface area contributed by atoms with Gasteiger partial charge in [0.05, 0.1) is 11.5 Å². The SMILES string of the molecule is CCC(C)(CC)NS(=O)(=O)c1csc(CO)c1. The lowest BCUT2D eigenvalue weighted by atomic mass is 9.98. The molecule has 17 heavy (non-hydrogen) atoms. The standard InChI is InChI=1S/C11H19NO3S2/c1-4-11(3,5-2)12-17(14,15)10-6-9(7-13)16-8-10/h6,8,12-13H,4-5,7H2,1-3H3. The second kappa shape index (κ2) is 5.48. The highest BCUT2D eigenvalue weighted by atomic mass is 32.2. The number of rotatable bonds is 6. The van der Waals surface area contributed by atoms with Gasteiger partial charge in [-0.15, -0.1) is 11.3 Å². The number of hydrogen-bond acceptors (Lipinski definition) is 4. The van der Waals surface area contributed by atoms with Crippen LogP contribution in [0.3, 0.4) is 0 Å². The molecule has 0 fully saturated rings. The van der Waals surface area contributed by atoms with E-state index in [2.05, 4.69) is 4.72 Å². The molecule has 0 bridgehead atoms. The van der Waals surface area contributed by atoms with Crippen LogP contribution < -0.4 is 4.72 Å². The van der Waals surface area contributed by atoms with E-state index < -0.39 is 15.6 Å². The van der Waals surface area contributed by atoms with Gasteiger partial charge in [0.15, 0.2) is 0 Å². The number of aliphatic hydroxyl groups is 1. The molecule has 0 aliphatic carbocycles. The molecule has 1 heterocycles. The number of aliphatic hydroxyl groups excluding tert-OH is 1. The topological polar surface area (TPSA) is 66.4 Å². The van der Waals surface area contributed by atoms with Crippen molar-refractivity contribution in [1.29, 1.82) is 0 Å². The summed E-state index contributed by atoms with van der Waals surface area (Å²) in [5.41, 5.74) is -0.417. The molecule has 98 valence electrons. The summed E-state index contributed by atoms with van der Waals surface area (Å²) in [6, 6.07) is 1.51. The summed E-state index contributed by atoms with van der Waals surface area (Å²) in [6.45, 7) is 5.68. The summed E-state index contributed by atoms with van der Waals surface area (Å²) in [6.07, 6.45) is 1.47. The van der Waals surface area contributed by atoms with Crippen molar-refractivity contribution in [3.63, 3.8) is 0 Å². The van der Waals surface area contributed by atoms with Gasteiger partial charge in [0.1, 0.15) is 0 Å². The van der Waals surface area contributed by atoms with Gasteiger partial charge in [-0.2, -0.15) is 0 Å². The smallest absolute Gasteiger partial charge is 0.241 e. The van der Waals surface area contributed by atoms with Crippen LogP contribution >= 0.6 is 11.3 Å². The molecule has 0 unspecified atom stereocenters. The van der Waals surface area contributed by atoms with E-state index in [1.165, 1.54) is 17.4 Å². The van der Waals surface area contributed by atoms with Crippen molar-refractivity contribution in [3.05, 3.63) is 16.3 Å². The Labute approximate surface area is 107 Å². The molecule has 0 radical (unpaired) electrons. The molecule has 0 aromatic carbocycles. The average molecular weight is 277 g/mol. The van der Waals surface area contributed by atoms with Gasteiger partial charge >= 0.3 is 0 Å². The maximum atomic E-state index is 12.1. The van der Waals surface area contributed by atoms with Crippen LogP contribution in [0, 0.1) is 0 Å². The minimum Gasteiger partial charge on any atom is -0.391 e. The first kappa shape index (κ1) is 14.6. The van der Waals surface area contributed by atoms with Gasteiger partial charge in [0.2, 0.25) is 10.0 Å². The monoisotopic (exact) mass is 277 g/mol. The molecule has 2 N–H and O–H groups in total. The third kappa shape index (κ3) is 3.51. The first-order chi connectivity index (χ1) is 7.87. The zero-order valence-corrected chi connectivity index (χ0v) is 12.0. The minimum atomic E-state index is -3.48. The Balaban J connectivity index is 2.96. The molecular formula is C11H19NO3S2. The van der Waals surface area contributed by atoms with E-state index in [0.29, 0.717) is 4.88 Å². The second-order valence-corrected chi connectivity index (χ2v) is 6.96. The molecule has 0 saturated heterocycles. The molecule has 1 aromatic heterocycles. The highest BCUT2D eigenvalue weighted by molar-refractivity contribution is 7.89. The Kier molecular flexibility index (Phi) is 4.71. The summed E-state index contributed by atoms with van der Waals surface area (Å²) in [7, 11) is -3.48. The van der Waals surface area contributed by atoms with Gasteiger partial charge < -0.3 is 5.11 Å². The fourth-order valence-electron chi connectivity index (χ4n) is 1.36. The number of hydrogen-bond donors (Lipinski definition) is 2. The maximum absolute atomic E-state index is 12.1. The van der Waals surface area contributed by atoms with Gasteiger partial charge in [0, 0.05) is 15.8 Å². The van der Waals surface area contributed by atoms with Crippen molar-refractivity contribution in [2.75, 3.05) is 0 Å². The fourth-order valence-corrected chi connectivity index (χ4v) is 4.05. The first-order valence-electron chi connectivity index (χ1n) is 5.59. The van der Waals surface area contributed by atoms with E-state index in [-0.39, 0.29) is 11.5 Å². The van der Waals surface area contributed by atoms with Gasteiger partial charge in [-0.1, -0.05) is 13.8 Å². The van der Waals surface area contributed by atoms with Gasteiger partial charge in [-0.3, -0.25) is 0 Å². The maximum Gasteiger partial charge on any atom is 0.241 e. The predicted octanol–water partition coefficient (Wildman–Crippen LogP) is 2.10. The summed E-state index contributed by atoms with van der Waals surface area (Å²) in [5.74, 6) is 0. The molecule has 0 aliphatic rings. The fraction of sp³-hybridized carbons (Fsp3) is 0.636. The molecule has 6 heteroatoms. The largest absolute Gasteiger partial charge is 0.391 e. The molecule has 0 spiro atoms. The second-order valence-electron chi connectivity index (χ2n) is 4.28. The molecule has 1 aromatic rings. The lowest BCUT2D eigenvalue weighted by Gasteiger charge is -2.27. The van der Waals surface area contributed by atoms with Gasteiger partial charge in [0.25, 0.3) is 0 Å². The quantitative estimate of drug-likeness (QED) is 0.837. The Morgan fingerprint density at radius 1 is 1.41 bits per heavy atom. The third-order valence-electron chi connectivity index (χ3n) is 3.04. The Morgan fingerprint density at radius 2 is 2.00 bits per heavy atom. The van der Waals surface area contributed by atoms with Crippen molar-refractivity contribution in [1.82, 2.24) is 4.72 Å². The normalized spacial score (nSPS) is 12.9. The minimum absolute atomic E-state index is 0.126. The van der Waals surface area contributed by atoms with E-state index in [1.807, 2.05) is 20.8 Å². The molecule has 0 saturated carbocycles. The van der Waals surface area contributed by atoms with Crippen LogP contribution in [0.15, 0.2) is 16.3 Å². The van der Waals surface area contributed by atoms with Crippen LogP contribution in [-0.2, 0) is 16.6 Å². The van der Waals surface area contributed by atoms with Crippen molar-refractivity contribution in [3.8, 4) is 0 Å². The Bertz CT molecular complexity index is 461. The number of nitrogens with one attached hydrogen (secondary N) is 1. The van der Waals surface area contributed by atoms with E-state index in [0.717, 1.165) is 12.8 Å². The highest BCUT2D eigenvalue weighted by Crippen LogP contribution is 2.23. The Morgan fingerprint density at radius 3 is 2.41 bits per heavy atom. The molecule has 0 amide bonds. The van der Waals surface area contributed by atoms with Gasteiger partial charge in [-0.25, -0.2) is 13.1 Å². The van der Waals surface area contributed by atoms with Crippen molar-refractivity contribution in [2.45, 2.75) is 50.7 Å². The van der Waals surface area contributed by atoms with Crippen LogP contribution in [0.1, 0.15) is 38.5 Å². The molecule has 0 aliphatic heterocycles. The molecule has 1 rings (SSSR count). The van der Waals surface area contributed by atoms with E-state index >= 15 is 0 Å². The van der Waals surface area contributed by atoms with Crippen molar-refractivity contribution < 1.29 is 13.5 Å². The third-order valence-corrected chi connectivity index (χ3v) is 5.73. The lowest BCUT2D eigenvalue weighted by molar-refractivity contribution is 0.285. The zero-order chi connectivity index (χ0) is 13.1. The highest BCUT2D eigenvalue weighted by Gasteiger charge is 2.27. The van der Waals surface area contributed by atoms with Crippen molar-refractivity contribution in [2.24, 2.45) is 0 Å². The predicted molar refractivity (Wildman–Crippen MR) is 69.6 cm³/mol. The van der Waals surface area contributed by atoms with Crippen LogP contribution in [0.5, 0.6) is 0 Å². The van der Waals surface area contributed by atoms with Crippen LogP contribution in [-0.4, -0.2) is 19.1 Å². The van der Waals surface area contributed by atoms with E-state index in [1.54, 1.807) is 5.38 Å². The van der Waals surface area contributed by atoms with Gasteiger partial charge in [-0.05, 0) is 25.8 Å². The number of sulfonamides is 1. The summed E-state index contributed by atoms with van der Waals surface area (Å²) >= 11 is 1.25. The average Bonchev–Trinajstić information content (AvgIpc) is 2.77. The Hall–Kier alpha value is -0.430.